The van der Waals surface area contributed by atoms with Crippen molar-refractivity contribution in [2.24, 2.45) is 0 Å². The maximum absolute atomic E-state index is 12.8. The topological polar surface area (TPSA) is 52.6 Å². The van der Waals surface area contributed by atoms with Crippen LogP contribution in [0, 0.1) is 0 Å². The molecule has 4 nitrogen and oxygen atoms in total. The minimum atomic E-state index is -5.80. The molecule has 1 aromatic carbocycles. The third kappa shape index (κ3) is 9.23. The Hall–Kier alpha value is -2.19. The number of hydrogen-bond acceptors (Lipinski definition) is 4. The predicted octanol–water partition coefficient (Wildman–Crippen LogP) is 6.09. The molecule has 0 aliphatic rings. The third-order valence-corrected chi connectivity index (χ3v) is 4.11. The molecule has 164 valence electrons. The lowest BCUT2D eigenvalue weighted by Crippen LogP contribution is -2.41. The van der Waals surface area contributed by atoms with E-state index in [9.17, 15) is 31.5 Å². The van der Waals surface area contributed by atoms with Crippen LogP contribution in [-0.2, 0) is 9.53 Å². The molecule has 0 saturated heterocycles. The highest BCUT2D eigenvalue weighted by Gasteiger charge is 2.58. The van der Waals surface area contributed by atoms with Gasteiger partial charge in [-0.15, -0.1) is 0 Å². The molecule has 0 atom stereocenters. The van der Waals surface area contributed by atoms with E-state index in [4.69, 9.17) is 4.74 Å². The zero-order valence-corrected chi connectivity index (χ0v) is 16.2. The third-order valence-electron chi connectivity index (χ3n) is 4.11. The molecule has 0 saturated carbocycles. The summed E-state index contributed by atoms with van der Waals surface area (Å²) in [4.78, 5) is 23.4. The van der Waals surface area contributed by atoms with Crippen molar-refractivity contribution in [2.45, 2.75) is 70.4 Å². The Bertz CT molecular complexity index is 641. The van der Waals surface area contributed by atoms with E-state index in [0.29, 0.717) is 6.42 Å². The van der Waals surface area contributed by atoms with Crippen molar-refractivity contribution in [1.82, 2.24) is 0 Å². The molecule has 0 amide bonds. The minimum absolute atomic E-state index is 0.134. The van der Waals surface area contributed by atoms with Gasteiger partial charge in [-0.05, 0) is 30.7 Å². The van der Waals surface area contributed by atoms with E-state index >= 15 is 0 Å². The largest absolute Gasteiger partial charge is 0.456 e. The van der Waals surface area contributed by atoms with Gasteiger partial charge in [0.2, 0.25) is 0 Å². The molecule has 9 heteroatoms. The summed E-state index contributed by atoms with van der Waals surface area (Å²) in [5, 5.41) is 0. The fourth-order valence-corrected chi connectivity index (χ4v) is 2.39. The number of carbonyl (C=O) groups is 2. The maximum atomic E-state index is 12.8. The SMILES string of the molecule is CCCCCCCCCC(=O)Oc1ccc(C(=O)OCC(F)(F)C(F)(F)F)cc1. The first-order chi connectivity index (χ1) is 13.6. The molecule has 0 heterocycles. The number of unbranched alkanes of at least 4 members (excludes halogenated alkanes) is 6. The highest BCUT2D eigenvalue weighted by molar-refractivity contribution is 5.89. The van der Waals surface area contributed by atoms with Gasteiger partial charge in [0, 0.05) is 6.42 Å². The maximum Gasteiger partial charge on any atom is 0.456 e. The van der Waals surface area contributed by atoms with E-state index in [1.54, 1.807) is 0 Å². The van der Waals surface area contributed by atoms with Gasteiger partial charge < -0.3 is 9.47 Å². The van der Waals surface area contributed by atoms with Gasteiger partial charge in [0.15, 0.2) is 6.61 Å². The molecule has 29 heavy (non-hydrogen) atoms. The van der Waals surface area contributed by atoms with Gasteiger partial charge in [-0.1, -0.05) is 45.4 Å². The smallest absolute Gasteiger partial charge is 0.455 e. The first-order valence-electron chi connectivity index (χ1n) is 9.49. The van der Waals surface area contributed by atoms with Crippen molar-refractivity contribution < 1.29 is 41.0 Å². The molecule has 0 aliphatic carbocycles. The Morgan fingerprint density at radius 1 is 0.862 bits per heavy atom. The van der Waals surface area contributed by atoms with Crippen molar-refractivity contribution >= 4 is 11.9 Å². The van der Waals surface area contributed by atoms with E-state index in [2.05, 4.69) is 11.7 Å². The Kier molecular flexibility index (Phi) is 10.0. The summed E-state index contributed by atoms with van der Waals surface area (Å²) in [5.41, 5.74) is -0.241. The summed E-state index contributed by atoms with van der Waals surface area (Å²) in [6, 6.07) is 4.71. The van der Waals surface area contributed by atoms with Crippen LogP contribution in [0.4, 0.5) is 22.0 Å². The lowest BCUT2D eigenvalue weighted by Gasteiger charge is -2.19. The number of carbonyl (C=O) groups excluding carboxylic acids is 2. The first kappa shape index (κ1) is 24.8. The quantitative estimate of drug-likeness (QED) is 0.176. The molecule has 0 aliphatic heterocycles. The molecule has 1 aromatic rings. The number of halogens is 5. The fourth-order valence-electron chi connectivity index (χ4n) is 2.39. The van der Waals surface area contributed by atoms with Crippen molar-refractivity contribution in [2.75, 3.05) is 6.61 Å². The summed E-state index contributed by atoms with van der Waals surface area (Å²) in [5.74, 6) is -6.78. The number of rotatable bonds is 12. The monoisotopic (exact) mass is 424 g/mol. The normalized spacial score (nSPS) is 11.9. The molecule has 1 rings (SSSR count). The van der Waals surface area contributed by atoms with Crippen LogP contribution in [0.3, 0.4) is 0 Å². The van der Waals surface area contributed by atoms with Gasteiger partial charge in [-0.25, -0.2) is 4.79 Å². The van der Waals surface area contributed by atoms with E-state index < -0.39 is 30.6 Å². The second kappa shape index (κ2) is 11.7. The molecule has 0 unspecified atom stereocenters. The number of benzene rings is 1. The zero-order chi connectivity index (χ0) is 21.9. The van der Waals surface area contributed by atoms with Crippen molar-refractivity contribution in [3.8, 4) is 5.75 Å². The molecule has 0 bridgehead atoms. The molecule has 0 aromatic heterocycles. The molecule has 0 N–H and O–H groups in total. The standard InChI is InChI=1S/C20H25F5O4/c1-2-3-4-5-6-7-8-9-17(26)29-16-12-10-15(11-13-16)18(27)28-14-19(21,22)20(23,24)25/h10-13H,2-9,14H2,1H3. The van der Waals surface area contributed by atoms with Gasteiger partial charge in [-0.3, -0.25) is 4.79 Å². The van der Waals surface area contributed by atoms with Gasteiger partial charge in [0.1, 0.15) is 5.75 Å². The van der Waals surface area contributed by atoms with E-state index in [1.807, 2.05) is 0 Å². The van der Waals surface area contributed by atoms with Gasteiger partial charge >= 0.3 is 24.0 Å². The lowest BCUT2D eigenvalue weighted by molar-refractivity contribution is -0.292. The average Bonchev–Trinajstić information content (AvgIpc) is 2.65. The Balaban J connectivity index is 2.37. The number of alkyl halides is 5. The number of ether oxygens (including phenoxy) is 2. The van der Waals surface area contributed by atoms with Crippen LogP contribution in [0.1, 0.15) is 68.6 Å². The number of hydrogen-bond donors (Lipinski definition) is 0. The van der Waals surface area contributed by atoms with Crippen molar-refractivity contribution in [3.63, 3.8) is 0 Å². The van der Waals surface area contributed by atoms with Crippen LogP contribution < -0.4 is 4.74 Å². The van der Waals surface area contributed by atoms with Crippen molar-refractivity contribution in [1.29, 1.82) is 0 Å². The van der Waals surface area contributed by atoms with Crippen LogP contribution >= 0.6 is 0 Å². The fraction of sp³-hybridized carbons (Fsp3) is 0.600. The summed E-state index contributed by atoms with van der Waals surface area (Å²) >= 11 is 0. The first-order valence-corrected chi connectivity index (χ1v) is 9.49. The highest BCUT2D eigenvalue weighted by Crippen LogP contribution is 2.35. The molecular formula is C20H25F5O4. The highest BCUT2D eigenvalue weighted by atomic mass is 19.4. The van der Waals surface area contributed by atoms with Gasteiger partial charge in [0.05, 0.1) is 5.56 Å². The molecular weight excluding hydrogens is 399 g/mol. The Morgan fingerprint density at radius 3 is 1.97 bits per heavy atom. The summed E-state index contributed by atoms with van der Waals surface area (Å²) in [6.45, 7) is 0.0302. The predicted molar refractivity (Wildman–Crippen MR) is 96.0 cm³/mol. The second-order valence-electron chi connectivity index (χ2n) is 6.65. The summed E-state index contributed by atoms with van der Waals surface area (Å²) in [6.07, 6.45) is 1.80. The van der Waals surface area contributed by atoms with Crippen LogP contribution in [-0.4, -0.2) is 30.6 Å². The Morgan fingerprint density at radius 2 is 1.41 bits per heavy atom. The van der Waals surface area contributed by atoms with Crippen LogP contribution in [0.15, 0.2) is 24.3 Å². The summed E-state index contributed by atoms with van der Waals surface area (Å²) < 4.78 is 70.8. The van der Waals surface area contributed by atoms with Crippen LogP contribution in [0.2, 0.25) is 0 Å². The van der Waals surface area contributed by atoms with Crippen LogP contribution in [0.5, 0.6) is 5.75 Å². The van der Waals surface area contributed by atoms with E-state index in [-0.39, 0.29) is 17.7 Å². The Labute approximate surface area is 166 Å². The molecule has 0 spiro atoms. The van der Waals surface area contributed by atoms with Crippen LogP contribution in [0.25, 0.3) is 0 Å². The lowest BCUT2D eigenvalue weighted by atomic mass is 10.1. The molecule has 0 fully saturated rings. The number of esters is 2. The summed E-state index contributed by atoms with van der Waals surface area (Å²) in [7, 11) is 0. The van der Waals surface area contributed by atoms with E-state index in [0.717, 1.165) is 31.4 Å². The zero-order valence-electron chi connectivity index (χ0n) is 16.2. The van der Waals surface area contributed by atoms with E-state index in [1.165, 1.54) is 31.4 Å². The van der Waals surface area contributed by atoms with Gasteiger partial charge in [-0.2, -0.15) is 22.0 Å². The molecule has 0 radical (unpaired) electrons. The second-order valence-corrected chi connectivity index (χ2v) is 6.65. The van der Waals surface area contributed by atoms with Crippen molar-refractivity contribution in [3.05, 3.63) is 29.8 Å². The minimum Gasteiger partial charge on any atom is -0.455 e. The van der Waals surface area contributed by atoms with Gasteiger partial charge in [0.25, 0.3) is 0 Å². The average molecular weight is 424 g/mol.